The van der Waals surface area contributed by atoms with Gasteiger partial charge in [-0.3, -0.25) is 4.79 Å². The van der Waals surface area contributed by atoms with Crippen molar-refractivity contribution < 1.29 is 4.79 Å². The number of aromatic nitrogens is 1. The fourth-order valence-corrected chi connectivity index (χ4v) is 2.26. The van der Waals surface area contributed by atoms with Crippen LogP contribution in [0, 0.1) is 5.92 Å². The summed E-state index contributed by atoms with van der Waals surface area (Å²) in [6.45, 7) is 4.44. The molecular weight excluding hydrogens is 214 g/mol. The highest BCUT2D eigenvalue weighted by atomic mass is 16.1. The number of hydrogen-bond acceptors (Lipinski definition) is 3. The molecule has 4 heteroatoms. The number of rotatable bonds is 3. The van der Waals surface area contributed by atoms with Crippen LogP contribution in [-0.4, -0.2) is 30.5 Å². The first-order valence-electron chi connectivity index (χ1n) is 6.25. The van der Waals surface area contributed by atoms with Gasteiger partial charge in [-0.15, -0.1) is 0 Å². The van der Waals surface area contributed by atoms with Crippen molar-refractivity contribution in [3.8, 4) is 0 Å². The Morgan fingerprint density at radius 3 is 3.18 bits per heavy atom. The van der Waals surface area contributed by atoms with Gasteiger partial charge in [0.1, 0.15) is 5.82 Å². The van der Waals surface area contributed by atoms with Gasteiger partial charge in [0.25, 0.3) is 0 Å². The van der Waals surface area contributed by atoms with Crippen molar-refractivity contribution in [2.45, 2.75) is 19.8 Å². The molecule has 0 saturated carbocycles. The minimum Gasteiger partial charge on any atom is -0.356 e. The molecule has 0 aromatic carbocycles. The summed E-state index contributed by atoms with van der Waals surface area (Å²) in [6, 6.07) is 5.90. The molecule has 0 bridgehead atoms. The van der Waals surface area contributed by atoms with E-state index in [1.807, 2.05) is 25.1 Å². The van der Waals surface area contributed by atoms with E-state index in [-0.39, 0.29) is 11.8 Å². The molecule has 0 aliphatic carbocycles. The van der Waals surface area contributed by atoms with Crippen LogP contribution in [0.2, 0.25) is 0 Å². The van der Waals surface area contributed by atoms with Crippen LogP contribution >= 0.6 is 0 Å². The molecule has 2 rings (SSSR count). The standard InChI is InChI=1S/C13H19N3O/c1-2-14-13(17)11-6-5-9-16(10-11)12-7-3-4-8-15-12/h3-4,7-8,11H,2,5-6,9-10H2,1H3,(H,14,17). The first kappa shape index (κ1) is 11.9. The molecule has 92 valence electrons. The number of piperidine rings is 1. The Kier molecular flexibility index (Phi) is 3.96. The zero-order valence-corrected chi connectivity index (χ0v) is 10.2. The minimum atomic E-state index is 0.103. The molecule has 0 radical (unpaired) electrons. The summed E-state index contributed by atoms with van der Waals surface area (Å²) in [5, 5.41) is 2.90. The van der Waals surface area contributed by atoms with Gasteiger partial charge < -0.3 is 10.2 Å². The molecule has 1 aliphatic heterocycles. The normalized spacial score (nSPS) is 20.1. The van der Waals surface area contributed by atoms with Crippen LogP contribution in [-0.2, 0) is 4.79 Å². The first-order chi connectivity index (χ1) is 8.31. The second-order valence-electron chi connectivity index (χ2n) is 4.37. The molecule has 1 aromatic rings. The zero-order valence-electron chi connectivity index (χ0n) is 10.2. The van der Waals surface area contributed by atoms with E-state index in [2.05, 4.69) is 15.2 Å². The van der Waals surface area contributed by atoms with Gasteiger partial charge >= 0.3 is 0 Å². The number of carbonyl (C=O) groups is 1. The Labute approximate surface area is 102 Å². The van der Waals surface area contributed by atoms with Crippen molar-refractivity contribution in [1.82, 2.24) is 10.3 Å². The summed E-state index contributed by atoms with van der Waals surface area (Å²) in [4.78, 5) is 18.4. The van der Waals surface area contributed by atoms with Gasteiger partial charge in [0.2, 0.25) is 5.91 Å². The van der Waals surface area contributed by atoms with E-state index in [0.717, 1.165) is 31.7 Å². The molecule has 0 spiro atoms. The number of nitrogens with zero attached hydrogens (tertiary/aromatic N) is 2. The Morgan fingerprint density at radius 2 is 2.47 bits per heavy atom. The average molecular weight is 233 g/mol. The van der Waals surface area contributed by atoms with E-state index in [1.165, 1.54) is 0 Å². The first-order valence-corrected chi connectivity index (χ1v) is 6.25. The molecule has 1 unspecified atom stereocenters. The van der Waals surface area contributed by atoms with Gasteiger partial charge in [-0.1, -0.05) is 6.07 Å². The number of anilines is 1. The van der Waals surface area contributed by atoms with Gasteiger partial charge in [0, 0.05) is 25.8 Å². The Bertz CT molecular complexity index is 366. The van der Waals surface area contributed by atoms with Crippen molar-refractivity contribution in [2.75, 3.05) is 24.5 Å². The molecule has 4 nitrogen and oxygen atoms in total. The summed E-state index contributed by atoms with van der Waals surface area (Å²) in [6.07, 6.45) is 3.83. The van der Waals surface area contributed by atoms with Crippen molar-refractivity contribution in [1.29, 1.82) is 0 Å². The molecular formula is C13H19N3O. The number of hydrogen-bond donors (Lipinski definition) is 1. The van der Waals surface area contributed by atoms with E-state index in [4.69, 9.17) is 0 Å². The number of nitrogens with one attached hydrogen (secondary N) is 1. The Morgan fingerprint density at radius 1 is 1.59 bits per heavy atom. The molecule has 1 atom stereocenters. The van der Waals surface area contributed by atoms with Crippen molar-refractivity contribution in [3.05, 3.63) is 24.4 Å². The van der Waals surface area contributed by atoms with Crippen LogP contribution in [0.5, 0.6) is 0 Å². The van der Waals surface area contributed by atoms with Crippen LogP contribution < -0.4 is 10.2 Å². The van der Waals surface area contributed by atoms with Gasteiger partial charge in [-0.2, -0.15) is 0 Å². The predicted octanol–water partition coefficient (Wildman–Crippen LogP) is 1.43. The maximum Gasteiger partial charge on any atom is 0.224 e. The maximum atomic E-state index is 11.8. The lowest BCUT2D eigenvalue weighted by atomic mass is 9.97. The number of carbonyl (C=O) groups excluding carboxylic acids is 1. The molecule has 1 saturated heterocycles. The highest BCUT2D eigenvalue weighted by molar-refractivity contribution is 5.79. The smallest absolute Gasteiger partial charge is 0.224 e. The lowest BCUT2D eigenvalue weighted by molar-refractivity contribution is -0.125. The van der Waals surface area contributed by atoms with Gasteiger partial charge in [0.15, 0.2) is 0 Å². The van der Waals surface area contributed by atoms with Gasteiger partial charge in [-0.25, -0.2) is 4.98 Å². The van der Waals surface area contributed by atoms with Crippen molar-refractivity contribution >= 4 is 11.7 Å². The average Bonchev–Trinajstić information content (AvgIpc) is 2.40. The second-order valence-corrected chi connectivity index (χ2v) is 4.37. The highest BCUT2D eigenvalue weighted by Gasteiger charge is 2.25. The topological polar surface area (TPSA) is 45.2 Å². The second kappa shape index (κ2) is 5.66. The van der Waals surface area contributed by atoms with Crippen molar-refractivity contribution in [2.24, 2.45) is 5.92 Å². The highest BCUT2D eigenvalue weighted by Crippen LogP contribution is 2.21. The Balaban J connectivity index is 2.00. The van der Waals surface area contributed by atoms with E-state index in [9.17, 15) is 4.79 Å². The van der Waals surface area contributed by atoms with Gasteiger partial charge in [-0.05, 0) is 31.9 Å². The van der Waals surface area contributed by atoms with Crippen LogP contribution in [0.1, 0.15) is 19.8 Å². The monoisotopic (exact) mass is 233 g/mol. The third-order valence-electron chi connectivity index (χ3n) is 3.12. The summed E-state index contributed by atoms with van der Waals surface area (Å²) in [5.74, 6) is 1.25. The summed E-state index contributed by atoms with van der Waals surface area (Å²) < 4.78 is 0. The van der Waals surface area contributed by atoms with Crippen LogP contribution in [0.4, 0.5) is 5.82 Å². The summed E-state index contributed by atoms with van der Waals surface area (Å²) in [7, 11) is 0. The van der Waals surface area contributed by atoms with Crippen LogP contribution in [0.3, 0.4) is 0 Å². The molecule has 1 aromatic heterocycles. The van der Waals surface area contributed by atoms with E-state index in [0.29, 0.717) is 6.54 Å². The molecule has 17 heavy (non-hydrogen) atoms. The molecule has 1 N–H and O–H groups in total. The molecule has 1 aliphatic rings. The van der Waals surface area contributed by atoms with E-state index >= 15 is 0 Å². The summed E-state index contributed by atoms with van der Waals surface area (Å²) >= 11 is 0. The maximum absolute atomic E-state index is 11.8. The lowest BCUT2D eigenvalue weighted by Crippen LogP contribution is -2.43. The lowest BCUT2D eigenvalue weighted by Gasteiger charge is -2.32. The number of amides is 1. The largest absolute Gasteiger partial charge is 0.356 e. The van der Waals surface area contributed by atoms with E-state index in [1.54, 1.807) is 6.20 Å². The number of pyridine rings is 1. The molecule has 1 amide bonds. The zero-order chi connectivity index (χ0) is 12.1. The third kappa shape index (κ3) is 2.96. The van der Waals surface area contributed by atoms with Crippen LogP contribution in [0.25, 0.3) is 0 Å². The summed E-state index contributed by atoms with van der Waals surface area (Å²) in [5.41, 5.74) is 0. The third-order valence-corrected chi connectivity index (χ3v) is 3.12. The van der Waals surface area contributed by atoms with E-state index < -0.39 is 0 Å². The predicted molar refractivity (Wildman–Crippen MR) is 67.9 cm³/mol. The fraction of sp³-hybridized carbons (Fsp3) is 0.538. The van der Waals surface area contributed by atoms with Crippen LogP contribution in [0.15, 0.2) is 24.4 Å². The molecule has 2 heterocycles. The van der Waals surface area contributed by atoms with Crippen molar-refractivity contribution in [3.63, 3.8) is 0 Å². The SMILES string of the molecule is CCNC(=O)C1CCCN(c2ccccn2)C1. The Hall–Kier alpha value is -1.58. The van der Waals surface area contributed by atoms with Gasteiger partial charge in [0.05, 0.1) is 5.92 Å². The minimum absolute atomic E-state index is 0.103. The quantitative estimate of drug-likeness (QED) is 0.859. The molecule has 1 fully saturated rings. The fourth-order valence-electron chi connectivity index (χ4n) is 2.26.